The maximum absolute atomic E-state index is 5.28. The summed E-state index contributed by atoms with van der Waals surface area (Å²) in [4.78, 5) is 15.7. The van der Waals surface area contributed by atoms with E-state index in [4.69, 9.17) is 15.0 Å². The molecule has 0 radical (unpaired) electrons. The molecule has 0 saturated heterocycles. The van der Waals surface area contributed by atoms with E-state index in [1.807, 2.05) is 12.1 Å². The molecular formula is C67H43N5. The molecule has 0 amide bonds. The third-order valence-corrected chi connectivity index (χ3v) is 14.2. The van der Waals surface area contributed by atoms with Gasteiger partial charge in [-0.15, -0.1) is 0 Å². The number of hydrogen-bond donors (Lipinski definition) is 0. The third kappa shape index (κ3) is 6.98. The summed E-state index contributed by atoms with van der Waals surface area (Å²) in [6.45, 7) is 0. The molecule has 5 heteroatoms. The van der Waals surface area contributed by atoms with Gasteiger partial charge in [0, 0.05) is 60.6 Å². The Morgan fingerprint density at radius 1 is 0.236 bits per heavy atom. The summed E-state index contributed by atoms with van der Waals surface area (Å²) in [6.07, 6.45) is 0. The van der Waals surface area contributed by atoms with Crippen molar-refractivity contribution in [1.29, 1.82) is 0 Å². The van der Waals surface area contributed by atoms with Crippen LogP contribution in [0.2, 0.25) is 0 Å². The van der Waals surface area contributed by atoms with E-state index in [2.05, 4.69) is 258 Å². The van der Waals surface area contributed by atoms with Crippen LogP contribution >= 0.6 is 0 Å². The third-order valence-electron chi connectivity index (χ3n) is 14.2. The minimum Gasteiger partial charge on any atom is -0.309 e. The monoisotopic (exact) mass is 917 g/mol. The first kappa shape index (κ1) is 41.3. The van der Waals surface area contributed by atoms with Crippen LogP contribution in [0.3, 0.4) is 0 Å². The maximum Gasteiger partial charge on any atom is 0.164 e. The smallest absolute Gasteiger partial charge is 0.164 e. The second-order valence-electron chi connectivity index (χ2n) is 18.4. The van der Waals surface area contributed by atoms with Crippen LogP contribution in [0, 0.1) is 0 Å². The summed E-state index contributed by atoms with van der Waals surface area (Å²) in [5, 5.41) is 7.20. The molecule has 5 nitrogen and oxygen atoms in total. The van der Waals surface area contributed by atoms with Gasteiger partial charge in [-0.2, -0.15) is 0 Å². The fraction of sp³-hybridized carbons (Fsp3) is 0. The summed E-state index contributed by atoms with van der Waals surface area (Å²) in [7, 11) is 0. The van der Waals surface area contributed by atoms with Gasteiger partial charge >= 0.3 is 0 Å². The van der Waals surface area contributed by atoms with Gasteiger partial charge in [-0.05, 0) is 69.6 Å². The largest absolute Gasteiger partial charge is 0.309 e. The van der Waals surface area contributed by atoms with Crippen LogP contribution in [0.25, 0.3) is 133 Å². The minimum absolute atomic E-state index is 0.598. The molecule has 0 saturated carbocycles. The number of hydrogen-bond acceptors (Lipinski definition) is 3. The number of para-hydroxylation sites is 3. The zero-order valence-electron chi connectivity index (χ0n) is 39.1. The molecule has 0 aliphatic rings. The van der Waals surface area contributed by atoms with Gasteiger partial charge in [0.15, 0.2) is 17.5 Å². The van der Waals surface area contributed by atoms with E-state index in [1.54, 1.807) is 0 Å². The van der Waals surface area contributed by atoms with Crippen molar-refractivity contribution in [2.45, 2.75) is 0 Å². The molecule has 0 spiro atoms. The first-order valence-corrected chi connectivity index (χ1v) is 24.4. The maximum atomic E-state index is 5.28. The molecule has 0 aliphatic heterocycles. The van der Waals surface area contributed by atoms with Crippen LogP contribution in [0.15, 0.2) is 261 Å². The molecule has 11 aromatic carbocycles. The van der Waals surface area contributed by atoms with Crippen LogP contribution < -0.4 is 0 Å². The van der Waals surface area contributed by atoms with Crippen LogP contribution in [0.1, 0.15) is 0 Å². The first-order chi connectivity index (χ1) is 35.7. The van der Waals surface area contributed by atoms with Crippen molar-refractivity contribution in [1.82, 2.24) is 24.1 Å². The Labute approximate surface area is 416 Å². The lowest BCUT2D eigenvalue weighted by atomic mass is 10.00. The van der Waals surface area contributed by atoms with Gasteiger partial charge in [-0.3, -0.25) is 0 Å². The van der Waals surface area contributed by atoms with Crippen molar-refractivity contribution in [2.24, 2.45) is 0 Å². The molecule has 3 aromatic heterocycles. The van der Waals surface area contributed by atoms with E-state index in [0.717, 1.165) is 78.0 Å². The molecular weight excluding hydrogens is 875 g/mol. The highest BCUT2D eigenvalue weighted by atomic mass is 15.0. The Balaban J connectivity index is 0.971. The zero-order valence-corrected chi connectivity index (χ0v) is 39.1. The molecule has 0 bridgehead atoms. The number of benzene rings is 11. The summed E-state index contributed by atoms with van der Waals surface area (Å²) in [5.41, 5.74) is 16.4. The Morgan fingerprint density at radius 2 is 0.694 bits per heavy atom. The van der Waals surface area contributed by atoms with Crippen LogP contribution in [0.4, 0.5) is 0 Å². The molecule has 0 atom stereocenters. The second kappa shape index (κ2) is 17.1. The molecule has 336 valence electrons. The van der Waals surface area contributed by atoms with E-state index in [-0.39, 0.29) is 0 Å². The van der Waals surface area contributed by atoms with Crippen molar-refractivity contribution in [3.63, 3.8) is 0 Å². The lowest BCUT2D eigenvalue weighted by Gasteiger charge is -2.15. The van der Waals surface area contributed by atoms with Gasteiger partial charge in [0.2, 0.25) is 0 Å². The summed E-state index contributed by atoms with van der Waals surface area (Å²) >= 11 is 0. The fourth-order valence-electron chi connectivity index (χ4n) is 10.7. The Bertz CT molecular complexity index is 4240. The SMILES string of the molecule is c1ccc(-c2ccc(-c3nc(-c4ccc(-c5ccccc5)cc4)nc(-c4cccc(-n5c6c(-c7ccc8c9ccccc9n(-c9ccccc9)c8c7)cccc6c6ccc7ccccc7c65)c4)n3)cc2)cc1. The van der Waals surface area contributed by atoms with E-state index < -0.39 is 0 Å². The molecule has 3 heterocycles. The summed E-state index contributed by atoms with van der Waals surface area (Å²) in [6, 6.07) is 93.0. The topological polar surface area (TPSA) is 48.5 Å². The van der Waals surface area contributed by atoms with E-state index >= 15 is 0 Å². The average Bonchev–Trinajstić information content (AvgIpc) is 3.99. The summed E-state index contributed by atoms with van der Waals surface area (Å²) < 4.78 is 4.86. The fourth-order valence-corrected chi connectivity index (χ4v) is 10.7. The molecule has 0 N–H and O–H groups in total. The first-order valence-electron chi connectivity index (χ1n) is 24.4. The van der Waals surface area contributed by atoms with Crippen LogP contribution in [-0.4, -0.2) is 24.1 Å². The van der Waals surface area contributed by atoms with Crippen molar-refractivity contribution < 1.29 is 0 Å². The highest BCUT2D eigenvalue weighted by Crippen LogP contribution is 2.43. The van der Waals surface area contributed by atoms with Gasteiger partial charge in [-0.1, -0.05) is 224 Å². The van der Waals surface area contributed by atoms with Gasteiger partial charge < -0.3 is 9.13 Å². The standard InChI is InChI=1S/C67H43N5/c1-4-16-44(17-5-1)46-30-34-49(35-31-46)65-68-66(50-36-32-47(33-37-50)45-18-6-2-7-19-45)70-67(69-65)52-21-14-24-54(42-52)72-63-55-25-11-10-20-48(55)38-41-60(63)59-28-15-27-56(64(59)72)51-39-40-58-57-26-12-13-29-61(57)71(62(58)43-51)53-22-8-3-9-23-53/h1-43H. The number of aromatic nitrogens is 5. The van der Waals surface area contributed by atoms with Crippen molar-refractivity contribution in [2.75, 3.05) is 0 Å². The lowest BCUT2D eigenvalue weighted by molar-refractivity contribution is 1.07. The molecule has 0 fully saturated rings. The van der Waals surface area contributed by atoms with Crippen molar-refractivity contribution in [3.05, 3.63) is 261 Å². The second-order valence-corrected chi connectivity index (χ2v) is 18.4. The van der Waals surface area contributed by atoms with Gasteiger partial charge in [-0.25, -0.2) is 15.0 Å². The van der Waals surface area contributed by atoms with E-state index in [0.29, 0.717) is 17.5 Å². The Kier molecular flexibility index (Phi) is 9.78. The molecule has 14 rings (SSSR count). The van der Waals surface area contributed by atoms with Crippen LogP contribution in [-0.2, 0) is 0 Å². The van der Waals surface area contributed by atoms with Crippen molar-refractivity contribution >= 4 is 54.4 Å². The van der Waals surface area contributed by atoms with E-state index in [9.17, 15) is 0 Å². The van der Waals surface area contributed by atoms with E-state index in [1.165, 1.54) is 37.8 Å². The zero-order chi connectivity index (χ0) is 47.5. The predicted molar refractivity (Wildman–Crippen MR) is 299 cm³/mol. The van der Waals surface area contributed by atoms with Crippen molar-refractivity contribution in [3.8, 4) is 78.9 Å². The Morgan fingerprint density at radius 3 is 1.38 bits per heavy atom. The summed E-state index contributed by atoms with van der Waals surface area (Å²) in [5.74, 6) is 1.82. The quantitative estimate of drug-likeness (QED) is 0.153. The highest BCUT2D eigenvalue weighted by molar-refractivity contribution is 6.21. The molecule has 72 heavy (non-hydrogen) atoms. The molecule has 0 aliphatic carbocycles. The number of rotatable bonds is 8. The van der Waals surface area contributed by atoms with Gasteiger partial charge in [0.1, 0.15) is 0 Å². The van der Waals surface area contributed by atoms with Gasteiger partial charge in [0.25, 0.3) is 0 Å². The van der Waals surface area contributed by atoms with Gasteiger partial charge in [0.05, 0.1) is 22.1 Å². The molecule has 0 unspecified atom stereocenters. The lowest BCUT2D eigenvalue weighted by Crippen LogP contribution is -2.01. The minimum atomic E-state index is 0.598. The van der Waals surface area contributed by atoms with Crippen LogP contribution in [0.5, 0.6) is 0 Å². The number of fused-ring (bicyclic) bond motifs is 8. The highest BCUT2D eigenvalue weighted by Gasteiger charge is 2.22. The Hall–Kier alpha value is -9.71. The molecule has 14 aromatic rings. The normalized spacial score (nSPS) is 11.6. The number of nitrogens with zero attached hydrogens (tertiary/aromatic N) is 5. The predicted octanol–water partition coefficient (Wildman–Crippen LogP) is 17.2. The average molecular weight is 918 g/mol.